The summed E-state index contributed by atoms with van der Waals surface area (Å²) in [6, 6.07) is 4.96. The summed E-state index contributed by atoms with van der Waals surface area (Å²) in [5.41, 5.74) is 0.656. The van der Waals surface area contributed by atoms with Gasteiger partial charge in [0.15, 0.2) is 0 Å². The van der Waals surface area contributed by atoms with Crippen molar-refractivity contribution in [3.63, 3.8) is 0 Å². The van der Waals surface area contributed by atoms with Crippen molar-refractivity contribution in [1.82, 2.24) is 5.32 Å². The van der Waals surface area contributed by atoms with Crippen LogP contribution in [0.3, 0.4) is 0 Å². The number of benzene rings is 1. The molecule has 0 aliphatic carbocycles. The van der Waals surface area contributed by atoms with E-state index in [1.54, 1.807) is 13.2 Å². The molecule has 2 nitrogen and oxygen atoms in total. The molecule has 0 radical (unpaired) electrons. The number of halogens is 2. The Balaban J connectivity index is 2.49. The summed E-state index contributed by atoms with van der Waals surface area (Å²) in [5.74, 6) is -0.190. The van der Waals surface area contributed by atoms with Crippen LogP contribution in [0.5, 0.6) is 0 Å². The van der Waals surface area contributed by atoms with Gasteiger partial charge in [-0.05, 0) is 12.1 Å². The Kier molecular flexibility index (Phi) is 5.07. The van der Waals surface area contributed by atoms with Gasteiger partial charge in [0.05, 0.1) is 6.61 Å². The summed E-state index contributed by atoms with van der Waals surface area (Å²) in [7, 11) is 1.64. The number of hydrogen-bond acceptors (Lipinski definition) is 2. The second kappa shape index (κ2) is 6.11. The average molecular weight is 262 g/mol. The lowest BCUT2D eigenvalue weighted by molar-refractivity contribution is 0.199. The van der Waals surface area contributed by atoms with Crippen molar-refractivity contribution in [3.8, 4) is 0 Å². The standard InChI is InChI=1S/C10H13BrFNO/c1-14-6-5-13-7-8-9(11)3-2-4-10(8)12/h2-4,13H,5-7H2,1H3. The molecule has 78 valence electrons. The first-order chi connectivity index (χ1) is 6.75. The lowest BCUT2D eigenvalue weighted by Gasteiger charge is -2.07. The third-order valence-electron chi connectivity index (χ3n) is 1.85. The van der Waals surface area contributed by atoms with Gasteiger partial charge in [-0.2, -0.15) is 0 Å². The highest BCUT2D eigenvalue weighted by atomic mass is 79.9. The van der Waals surface area contributed by atoms with E-state index < -0.39 is 0 Å². The monoisotopic (exact) mass is 261 g/mol. The summed E-state index contributed by atoms with van der Waals surface area (Å²) in [6.07, 6.45) is 0. The van der Waals surface area contributed by atoms with Crippen molar-refractivity contribution in [2.45, 2.75) is 6.54 Å². The number of methoxy groups -OCH3 is 1. The van der Waals surface area contributed by atoms with Gasteiger partial charge in [-0.3, -0.25) is 0 Å². The summed E-state index contributed by atoms with van der Waals surface area (Å²) < 4.78 is 18.9. The lowest BCUT2D eigenvalue weighted by atomic mass is 10.2. The Hall–Kier alpha value is -0.450. The number of nitrogens with one attached hydrogen (secondary N) is 1. The van der Waals surface area contributed by atoms with Crippen LogP contribution in [0.2, 0.25) is 0 Å². The largest absolute Gasteiger partial charge is 0.383 e. The van der Waals surface area contributed by atoms with E-state index in [1.165, 1.54) is 6.07 Å². The van der Waals surface area contributed by atoms with E-state index in [0.29, 0.717) is 18.7 Å². The molecule has 1 aromatic carbocycles. The van der Waals surface area contributed by atoms with Crippen LogP contribution >= 0.6 is 15.9 Å². The maximum absolute atomic E-state index is 13.3. The van der Waals surface area contributed by atoms with Gasteiger partial charge in [0.25, 0.3) is 0 Å². The zero-order chi connectivity index (χ0) is 10.4. The van der Waals surface area contributed by atoms with Crippen LogP contribution in [0.25, 0.3) is 0 Å². The first-order valence-electron chi connectivity index (χ1n) is 4.38. The number of rotatable bonds is 5. The fourth-order valence-corrected chi connectivity index (χ4v) is 1.57. The van der Waals surface area contributed by atoms with E-state index in [2.05, 4.69) is 21.2 Å². The van der Waals surface area contributed by atoms with Crippen LogP contribution in [0, 0.1) is 5.82 Å². The Morgan fingerprint density at radius 2 is 2.29 bits per heavy atom. The van der Waals surface area contributed by atoms with Crippen molar-refractivity contribution in [2.75, 3.05) is 20.3 Å². The zero-order valence-corrected chi connectivity index (χ0v) is 9.60. The average Bonchev–Trinajstić information content (AvgIpc) is 2.16. The molecular formula is C10H13BrFNO. The van der Waals surface area contributed by atoms with Crippen LogP contribution in [0.15, 0.2) is 22.7 Å². The lowest BCUT2D eigenvalue weighted by Crippen LogP contribution is -2.19. The van der Waals surface area contributed by atoms with E-state index in [0.717, 1.165) is 11.0 Å². The summed E-state index contributed by atoms with van der Waals surface area (Å²) in [4.78, 5) is 0. The molecule has 4 heteroatoms. The second-order valence-corrected chi connectivity index (χ2v) is 3.72. The second-order valence-electron chi connectivity index (χ2n) is 2.87. The first-order valence-corrected chi connectivity index (χ1v) is 5.17. The molecule has 0 saturated heterocycles. The highest BCUT2D eigenvalue weighted by Gasteiger charge is 2.04. The Labute approximate surface area is 91.6 Å². The molecule has 1 rings (SSSR count). The van der Waals surface area contributed by atoms with Crippen molar-refractivity contribution >= 4 is 15.9 Å². The molecule has 0 unspecified atom stereocenters. The SMILES string of the molecule is COCCNCc1c(F)cccc1Br. The molecule has 14 heavy (non-hydrogen) atoms. The van der Waals surface area contributed by atoms with E-state index in [1.807, 2.05) is 6.07 Å². The van der Waals surface area contributed by atoms with Gasteiger partial charge >= 0.3 is 0 Å². The Morgan fingerprint density at radius 3 is 2.93 bits per heavy atom. The van der Waals surface area contributed by atoms with E-state index >= 15 is 0 Å². The number of ether oxygens (including phenoxy) is 1. The van der Waals surface area contributed by atoms with Gasteiger partial charge in [0.2, 0.25) is 0 Å². The van der Waals surface area contributed by atoms with Gasteiger partial charge < -0.3 is 10.1 Å². The molecule has 0 fully saturated rings. The van der Waals surface area contributed by atoms with Crippen molar-refractivity contribution in [3.05, 3.63) is 34.1 Å². The maximum Gasteiger partial charge on any atom is 0.128 e. The molecule has 0 spiro atoms. The highest BCUT2D eigenvalue weighted by Crippen LogP contribution is 2.18. The van der Waals surface area contributed by atoms with E-state index in [4.69, 9.17) is 4.74 Å². The predicted octanol–water partition coefficient (Wildman–Crippen LogP) is 2.32. The highest BCUT2D eigenvalue weighted by molar-refractivity contribution is 9.10. The molecule has 0 heterocycles. The molecule has 1 N–H and O–H groups in total. The van der Waals surface area contributed by atoms with Crippen LogP contribution in [-0.2, 0) is 11.3 Å². The molecule has 0 aliphatic heterocycles. The van der Waals surface area contributed by atoms with Crippen LogP contribution in [0.4, 0.5) is 4.39 Å². The maximum atomic E-state index is 13.3. The predicted molar refractivity (Wildman–Crippen MR) is 57.7 cm³/mol. The third-order valence-corrected chi connectivity index (χ3v) is 2.59. The van der Waals surface area contributed by atoms with Crippen LogP contribution in [-0.4, -0.2) is 20.3 Å². The Bertz CT molecular complexity index is 273. The molecule has 0 aliphatic rings. The quantitative estimate of drug-likeness (QED) is 0.822. The van der Waals surface area contributed by atoms with Crippen molar-refractivity contribution in [2.24, 2.45) is 0 Å². The zero-order valence-electron chi connectivity index (χ0n) is 8.02. The van der Waals surface area contributed by atoms with Crippen LogP contribution in [0.1, 0.15) is 5.56 Å². The van der Waals surface area contributed by atoms with Crippen molar-refractivity contribution in [1.29, 1.82) is 0 Å². The minimum atomic E-state index is -0.190. The normalized spacial score (nSPS) is 10.5. The van der Waals surface area contributed by atoms with Gasteiger partial charge in [0.1, 0.15) is 5.82 Å². The Morgan fingerprint density at radius 1 is 1.50 bits per heavy atom. The van der Waals surface area contributed by atoms with Gasteiger partial charge in [-0.15, -0.1) is 0 Å². The summed E-state index contributed by atoms with van der Waals surface area (Å²) in [6.45, 7) is 1.86. The molecule has 0 bridgehead atoms. The third kappa shape index (κ3) is 3.36. The molecule has 0 aromatic heterocycles. The van der Waals surface area contributed by atoms with Crippen LogP contribution < -0.4 is 5.32 Å². The smallest absolute Gasteiger partial charge is 0.128 e. The number of hydrogen-bond donors (Lipinski definition) is 1. The minimum absolute atomic E-state index is 0.190. The van der Waals surface area contributed by atoms with Crippen molar-refractivity contribution < 1.29 is 9.13 Å². The molecular weight excluding hydrogens is 249 g/mol. The molecule has 1 aromatic rings. The first kappa shape index (κ1) is 11.6. The molecule has 0 amide bonds. The molecule has 0 saturated carbocycles. The summed E-state index contributed by atoms with van der Waals surface area (Å²) >= 11 is 3.31. The minimum Gasteiger partial charge on any atom is -0.383 e. The van der Waals surface area contributed by atoms with E-state index in [9.17, 15) is 4.39 Å². The van der Waals surface area contributed by atoms with Gasteiger partial charge in [-0.25, -0.2) is 4.39 Å². The fourth-order valence-electron chi connectivity index (χ4n) is 1.09. The fraction of sp³-hybridized carbons (Fsp3) is 0.400. The van der Waals surface area contributed by atoms with Gasteiger partial charge in [-0.1, -0.05) is 22.0 Å². The molecule has 0 atom stereocenters. The van der Waals surface area contributed by atoms with Gasteiger partial charge in [0, 0.05) is 30.2 Å². The summed E-state index contributed by atoms with van der Waals surface area (Å²) in [5, 5.41) is 3.09. The van der Waals surface area contributed by atoms with E-state index in [-0.39, 0.29) is 5.82 Å². The topological polar surface area (TPSA) is 21.3 Å².